The lowest BCUT2D eigenvalue weighted by Crippen LogP contribution is -2.40. The fourth-order valence-corrected chi connectivity index (χ4v) is 2.88. The van der Waals surface area contributed by atoms with Crippen LogP contribution in [-0.2, 0) is 0 Å². The van der Waals surface area contributed by atoms with Gasteiger partial charge >= 0.3 is 0 Å². The second kappa shape index (κ2) is 4.30. The van der Waals surface area contributed by atoms with Gasteiger partial charge in [-0.15, -0.1) is 0 Å². The SMILES string of the molecule is Brc1cnc(N2C[C@@H]3CCCN[C@@H]3C2)nc1. The number of fused-ring (bicyclic) bond motifs is 1. The Bertz CT molecular complexity index is 353. The van der Waals surface area contributed by atoms with E-state index in [1.807, 2.05) is 12.4 Å². The van der Waals surface area contributed by atoms with Gasteiger partial charge in [-0.1, -0.05) is 0 Å². The lowest BCUT2D eigenvalue weighted by atomic mass is 9.94. The molecule has 3 heterocycles. The largest absolute Gasteiger partial charge is 0.339 e. The van der Waals surface area contributed by atoms with Crippen LogP contribution in [0.25, 0.3) is 0 Å². The van der Waals surface area contributed by atoms with Gasteiger partial charge in [-0.25, -0.2) is 9.97 Å². The van der Waals surface area contributed by atoms with E-state index in [4.69, 9.17) is 0 Å². The molecule has 4 nitrogen and oxygen atoms in total. The molecule has 0 saturated carbocycles. The van der Waals surface area contributed by atoms with Crippen molar-refractivity contribution in [2.75, 3.05) is 24.5 Å². The van der Waals surface area contributed by atoms with Gasteiger partial charge in [-0.05, 0) is 41.2 Å². The topological polar surface area (TPSA) is 41.1 Å². The van der Waals surface area contributed by atoms with Crippen molar-refractivity contribution in [3.05, 3.63) is 16.9 Å². The molecule has 0 unspecified atom stereocenters. The second-order valence-electron chi connectivity index (χ2n) is 4.57. The summed E-state index contributed by atoms with van der Waals surface area (Å²) >= 11 is 3.36. The lowest BCUT2D eigenvalue weighted by Gasteiger charge is -2.24. The van der Waals surface area contributed by atoms with Crippen LogP contribution in [0.1, 0.15) is 12.8 Å². The van der Waals surface area contributed by atoms with Crippen molar-refractivity contribution >= 4 is 21.9 Å². The molecule has 0 radical (unpaired) electrons. The Morgan fingerprint density at radius 2 is 2.12 bits per heavy atom. The van der Waals surface area contributed by atoms with Crippen LogP contribution in [0.2, 0.25) is 0 Å². The molecule has 5 heteroatoms. The van der Waals surface area contributed by atoms with Gasteiger partial charge in [-0.3, -0.25) is 0 Å². The number of rotatable bonds is 1. The van der Waals surface area contributed by atoms with E-state index in [1.165, 1.54) is 12.8 Å². The summed E-state index contributed by atoms with van der Waals surface area (Å²) in [6, 6.07) is 0.640. The lowest BCUT2D eigenvalue weighted by molar-refractivity contribution is 0.340. The van der Waals surface area contributed by atoms with Gasteiger partial charge in [0.1, 0.15) is 0 Å². The first-order valence-electron chi connectivity index (χ1n) is 5.79. The highest BCUT2D eigenvalue weighted by Gasteiger charge is 2.35. The predicted octanol–water partition coefficient (Wildman–Crippen LogP) is 1.43. The van der Waals surface area contributed by atoms with Crippen LogP contribution in [0, 0.1) is 5.92 Å². The van der Waals surface area contributed by atoms with Crippen LogP contribution in [-0.4, -0.2) is 35.6 Å². The third kappa shape index (κ3) is 1.94. The molecule has 86 valence electrons. The summed E-state index contributed by atoms with van der Waals surface area (Å²) in [5.74, 6) is 1.64. The molecule has 1 N–H and O–H groups in total. The maximum Gasteiger partial charge on any atom is 0.225 e. The summed E-state index contributed by atoms with van der Waals surface area (Å²) in [7, 11) is 0. The van der Waals surface area contributed by atoms with Gasteiger partial charge in [0.05, 0.1) is 4.47 Å². The van der Waals surface area contributed by atoms with Crippen molar-refractivity contribution < 1.29 is 0 Å². The molecule has 16 heavy (non-hydrogen) atoms. The molecule has 0 amide bonds. The minimum atomic E-state index is 0.640. The molecule has 2 atom stereocenters. The Kier molecular flexibility index (Phi) is 2.81. The van der Waals surface area contributed by atoms with E-state index >= 15 is 0 Å². The second-order valence-corrected chi connectivity index (χ2v) is 5.48. The Morgan fingerprint density at radius 3 is 2.88 bits per heavy atom. The van der Waals surface area contributed by atoms with Gasteiger partial charge < -0.3 is 10.2 Å². The highest BCUT2D eigenvalue weighted by Crippen LogP contribution is 2.27. The van der Waals surface area contributed by atoms with E-state index in [0.29, 0.717) is 6.04 Å². The predicted molar refractivity (Wildman–Crippen MR) is 66.5 cm³/mol. The molecule has 3 rings (SSSR count). The first-order valence-corrected chi connectivity index (χ1v) is 6.58. The van der Waals surface area contributed by atoms with Crippen molar-refractivity contribution in [3.8, 4) is 0 Å². The molecule has 0 bridgehead atoms. The van der Waals surface area contributed by atoms with E-state index in [-0.39, 0.29) is 0 Å². The monoisotopic (exact) mass is 282 g/mol. The molecule has 2 saturated heterocycles. The van der Waals surface area contributed by atoms with Gasteiger partial charge in [0.15, 0.2) is 0 Å². The Morgan fingerprint density at radius 1 is 1.31 bits per heavy atom. The number of hydrogen-bond donors (Lipinski definition) is 1. The number of nitrogens with zero attached hydrogens (tertiary/aromatic N) is 3. The van der Waals surface area contributed by atoms with E-state index in [1.54, 1.807) is 0 Å². The summed E-state index contributed by atoms with van der Waals surface area (Å²) in [5.41, 5.74) is 0. The summed E-state index contributed by atoms with van der Waals surface area (Å²) < 4.78 is 0.936. The smallest absolute Gasteiger partial charge is 0.225 e. The van der Waals surface area contributed by atoms with Gasteiger partial charge in [0.2, 0.25) is 5.95 Å². The molecule has 0 aromatic carbocycles. The molecular weight excluding hydrogens is 268 g/mol. The fourth-order valence-electron chi connectivity index (χ4n) is 2.68. The van der Waals surface area contributed by atoms with Crippen molar-refractivity contribution in [1.29, 1.82) is 0 Å². The summed E-state index contributed by atoms with van der Waals surface area (Å²) in [5, 5.41) is 3.59. The van der Waals surface area contributed by atoms with Crippen LogP contribution in [0.3, 0.4) is 0 Å². The van der Waals surface area contributed by atoms with Crippen molar-refractivity contribution in [3.63, 3.8) is 0 Å². The van der Waals surface area contributed by atoms with Gasteiger partial charge in [-0.2, -0.15) is 0 Å². The third-order valence-electron chi connectivity index (χ3n) is 3.49. The third-order valence-corrected chi connectivity index (χ3v) is 3.90. The number of piperidine rings is 1. The zero-order valence-corrected chi connectivity index (χ0v) is 10.7. The van der Waals surface area contributed by atoms with Crippen molar-refractivity contribution in [1.82, 2.24) is 15.3 Å². The van der Waals surface area contributed by atoms with E-state index in [0.717, 1.165) is 36.0 Å². The highest BCUT2D eigenvalue weighted by atomic mass is 79.9. The standard InChI is InChI=1S/C11H15BrN4/c12-9-4-14-11(15-5-9)16-6-8-2-1-3-13-10(8)7-16/h4-5,8,10,13H,1-3,6-7H2/t8-,10+/m0/s1. The summed E-state index contributed by atoms with van der Waals surface area (Å²) in [4.78, 5) is 11.0. The molecule has 1 aromatic heterocycles. The molecule has 2 fully saturated rings. The molecule has 0 spiro atoms. The average molecular weight is 283 g/mol. The van der Waals surface area contributed by atoms with Crippen molar-refractivity contribution in [2.24, 2.45) is 5.92 Å². The maximum absolute atomic E-state index is 4.36. The highest BCUT2D eigenvalue weighted by molar-refractivity contribution is 9.10. The van der Waals surface area contributed by atoms with Gasteiger partial charge in [0, 0.05) is 31.5 Å². The van der Waals surface area contributed by atoms with Crippen molar-refractivity contribution in [2.45, 2.75) is 18.9 Å². The summed E-state index contributed by atoms with van der Waals surface area (Å²) in [6.45, 7) is 3.31. The summed E-state index contributed by atoms with van der Waals surface area (Å²) in [6.07, 6.45) is 6.27. The molecule has 0 aliphatic carbocycles. The van der Waals surface area contributed by atoms with Crippen LogP contribution < -0.4 is 10.2 Å². The van der Waals surface area contributed by atoms with Crippen LogP contribution in [0.5, 0.6) is 0 Å². The Labute approximate surface area is 104 Å². The molecule has 1 aromatic rings. The van der Waals surface area contributed by atoms with Crippen LogP contribution >= 0.6 is 15.9 Å². The van der Waals surface area contributed by atoms with Gasteiger partial charge in [0.25, 0.3) is 0 Å². The zero-order valence-electron chi connectivity index (χ0n) is 9.06. The number of aromatic nitrogens is 2. The quantitative estimate of drug-likeness (QED) is 0.846. The number of halogens is 1. The first kappa shape index (κ1) is 10.5. The molecule has 2 aliphatic heterocycles. The average Bonchev–Trinajstić information content (AvgIpc) is 2.73. The Balaban J connectivity index is 1.75. The van der Waals surface area contributed by atoms with E-state index in [2.05, 4.69) is 36.1 Å². The maximum atomic E-state index is 4.36. The fraction of sp³-hybridized carbons (Fsp3) is 0.636. The number of anilines is 1. The minimum Gasteiger partial charge on any atom is -0.339 e. The number of hydrogen-bond acceptors (Lipinski definition) is 4. The Hall–Kier alpha value is -0.680. The van der Waals surface area contributed by atoms with E-state index < -0.39 is 0 Å². The van der Waals surface area contributed by atoms with Crippen LogP contribution in [0.4, 0.5) is 5.95 Å². The molecular formula is C11H15BrN4. The number of nitrogens with one attached hydrogen (secondary N) is 1. The first-order chi connectivity index (χ1) is 7.83. The van der Waals surface area contributed by atoms with Crippen LogP contribution in [0.15, 0.2) is 16.9 Å². The molecule has 2 aliphatic rings. The normalized spacial score (nSPS) is 29.2. The minimum absolute atomic E-state index is 0.640. The van der Waals surface area contributed by atoms with E-state index in [9.17, 15) is 0 Å². The zero-order chi connectivity index (χ0) is 11.0.